The van der Waals surface area contributed by atoms with Gasteiger partial charge in [-0.1, -0.05) is 72.3 Å². The predicted octanol–water partition coefficient (Wildman–Crippen LogP) is 6.78. The lowest BCUT2D eigenvalue weighted by Gasteiger charge is -2.14. The third kappa shape index (κ3) is 5.66. The molecule has 0 saturated heterocycles. The van der Waals surface area contributed by atoms with Gasteiger partial charge in [0.15, 0.2) is 6.10 Å². The van der Waals surface area contributed by atoms with Crippen molar-refractivity contribution in [3.05, 3.63) is 119 Å². The summed E-state index contributed by atoms with van der Waals surface area (Å²) in [6.07, 6.45) is 0.677. The Morgan fingerprint density at radius 2 is 1.53 bits per heavy atom. The van der Waals surface area contributed by atoms with Gasteiger partial charge in [-0.05, 0) is 70.9 Å². The number of amides is 1. The number of ether oxygens (including phenoxy) is 2. The van der Waals surface area contributed by atoms with Crippen molar-refractivity contribution < 1.29 is 19.1 Å². The fourth-order valence-corrected chi connectivity index (χ4v) is 4.12. The van der Waals surface area contributed by atoms with Gasteiger partial charge in [0.1, 0.15) is 11.5 Å². The van der Waals surface area contributed by atoms with Crippen LogP contribution in [0.25, 0.3) is 21.5 Å². The van der Waals surface area contributed by atoms with Crippen LogP contribution in [0.5, 0.6) is 11.5 Å². The number of fused-ring (bicyclic) bond motifs is 2. The number of halogens is 1. The first-order chi connectivity index (χ1) is 18.5. The first-order valence-electron chi connectivity index (χ1n) is 12.0. The lowest BCUT2D eigenvalue weighted by Crippen LogP contribution is -2.33. The molecule has 0 heterocycles. The van der Waals surface area contributed by atoms with Crippen molar-refractivity contribution in [2.75, 3.05) is 0 Å². The summed E-state index contributed by atoms with van der Waals surface area (Å²) in [4.78, 5) is 25.4. The molecule has 0 bridgehead atoms. The molecule has 0 spiro atoms. The largest absolute Gasteiger partial charge is 0.481 e. The Labute approximate surface area is 224 Å². The Morgan fingerprint density at radius 3 is 2.32 bits per heavy atom. The molecule has 1 amide bonds. The number of esters is 1. The van der Waals surface area contributed by atoms with Crippen molar-refractivity contribution in [2.24, 2.45) is 5.10 Å². The van der Waals surface area contributed by atoms with Gasteiger partial charge in [-0.25, -0.2) is 10.2 Å². The SMILES string of the molecule is C[C@@H](Oc1ccc2ccccc2c1)C(=O)N/N=C\c1c(OC(=O)c2ccc(Cl)cc2)ccc2ccccc12. The minimum Gasteiger partial charge on any atom is -0.481 e. The fraction of sp³-hybridized carbons (Fsp3) is 0.0645. The van der Waals surface area contributed by atoms with Crippen LogP contribution in [0, 0.1) is 0 Å². The molecule has 0 aliphatic heterocycles. The van der Waals surface area contributed by atoms with Gasteiger partial charge in [-0.15, -0.1) is 0 Å². The van der Waals surface area contributed by atoms with E-state index in [0.717, 1.165) is 21.5 Å². The fourth-order valence-electron chi connectivity index (χ4n) is 3.99. The molecule has 7 heteroatoms. The van der Waals surface area contributed by atoms with Crippen molar-refractivity contribution in [1.29, 1.82) is 0 Å². The molecule has 1 N–H and O–H groups in total. The zero-order valence-electron chi connectivity index (χ0n) is 20.4. The summed E-state index contributed by atoms with van der Waals surface area (Å²) >= 11 is 5.93. The molecule has 1 atom stereocenters. The molecule has 0 aliphatic carbocycles. The first-order valence-corrected chi connectivity index (χ1v) is 12.3. The van der Waals surface area contributed by atoms with E-state index in [1.807, 2.05) is 72.8 Å². The Bertz CT molecular complexity index is 1660. The number of carbonyl (C=O) groups is 2. The molecule has 188 valence electrons. The highest BCUT2D eigenvalue weighted by atomic mass is 35.5. The molecule has 0 unspecified atom stereocenters. The Hall–Kier alpha value is -4.68. The van der Waals surface area contributed by atoms with E-state index < -0.39 is 18.0 Å². The molecule has 5 aromatic carbocycles. The number of benzene rings is 5. The van der Waals surface area contributed by atoms with Crippen LogP contribution in [0.15, 0.2) is 108 Å². The Balaban J connectivity index is 1.32. The van der Waals surface area contributed by atoms with Crippen LogP contribution in [-0.4, -0.2) is 24.2 Å². The third-order valence-corrected chi connectivity index (χ3v) is 6.24. The van der Waals surface area contributed by atoms with Crippen LogP contribution in [0.1, 0.15) is 22.8 Å². The summed E-state index contributed by atoms with van der Waals surface area (Å²) in [6, 6.07) is 31.2. The van der Waals surface area contributed by atoms with E-state index in [2.05, 4.69) is 10.5 Å². The lowest BCUT2D eigenvalue weighted by atomic mass is 10.0. The highest BCUT2D eigenvalue weighted by Gasteiger charge is 2.16. The maximum absolute atomic E-state index is 12.7. The van der Waals surface area contributed by atoms with Gasteiger partial charge in [0.2, 0.25) is 0 Å². The number of carbonyl (C=O) groups excluding carboxylic acids is 2. The molecule has 5 aromatic rings. The molecule has 0 fully saturated rings. The van der Waals surface area contributed by atoms with E-state index >= 15 is 0 Å². The normalized spacial score (nSPS) is 11.9. The van der Waals surface area contributed by atoms with E-state index in [1.54, 1.807) is 37.3 Å². The van der Waals surface area contributed by atoms with Crippen LogP contribution < -0.4 is 14.9 Å². The van der Waals surface area contributed by atoms with Gasteiger partial charge < -0.3 is 9.47 Å². The van der Waals surface area contributed by atoms with Crippen LogP contribution in [0.4, 0.5) is 0 Å². The van der Waals surface area contributed by atoms with Crippen LogP contribution in [0.3, 0.4) is 0 Å². The van der Waals surface area contributed by atoms with Crippen molar-refractivity contribution in [2.45, 2.75) is 13.0 Å². The molecule has 38 heavy (non-hydrogen) atoms. The summed E-state index contributed by atoms with van der Waals surface area (Å²) < 4.78 is 11.5. The predicted molar refractivity (Wildman–Crippen MR) is 150 cm³/mol. The van der Waals surface area contributed by atoms with Gasteiger partial charge in [-0.3, -0.25) is 4.79 Å². The number of nitrogens with one attached hydrogen (secondary N) is 1. The van der Waals surface area contributed by atoms with Gasteiger partial charge in [0.25, 0.3) is 5.91 Å². The van der Waals surface area contributed by atoms with E-state index in [9.17, 15) is 9.59 Å². The Morgan fingerprint density at radius 1 is 0.842 bits per heavy atom. The Kier molecular flexibility index (Phi) is 7.33. The molecule has 0 saturated carbocycles. The second-order valence-electron chi connectivity index (χ2n) is 8.60. The minimum atomic E-state index is -0.789. The quantitative estimate of drug-likeness (QED) is 0.111. The molecule has 5 rings (SSSR count). The molecule has 0 aliphatic rings. The summed E-state index contributed by atoms with van der Waals surface area (Å²) in [5, 5.41) is 8.52. The topological polar surface area (TPSA) is 77.0 Å². The maximum Gasteiger partial charge on any atom is 0.343 e. The minimum absolute atomic E-state index is 0.308. The zero-order valence-corrected chi connectivity index (χ0v) is 21.2. The average molecular weight is 523 g/mol. The van der Waals surface area contributed by atoms with E-state index in [0.29, 0.717) is 27.6 Å². The molecule has 0 aromatic heterocycles. The molecule has 0 radical (unpaired) electrons. The third-order valence-electron chi connectivity index (χ3n) is 5.98. The smallest absolute Gasteiger partial charge is 0.343 e. The number of hydrazone groups is 1. The van der Waals surface area contributed by atoms with E-state index in [1.165, 1.54) is 6.21 Å². The monoisotopic (exact) mass is 522 g/mol. The van der Waals surface area contributed by atoms with E-state index in [4.69, 9.17) is 21.1 Å². The summed E-state index contributed by atoms with van der Waals surface area (Å²) in [5.41, 5.74) is 3.43. The van der Waals surface area contributed by atoms with Gasteiger partial charge >= 0.3 is 5.97 Å². The van der Waals surface area contributed by atoms with E-state index in [-0.39, 0.29) is 0 Å². The van der Waals surface area contributed by atoms with Gasteiger partial charge in [0.05, 0.1) is 11.8 Å². The number of rotatable bonds is 7. The average Bonchev–Trinajstić information content (AvgIpc) is 2.94. The number of nitrogens with zero attached hydrogens (tertiary/aromatic N) is 1. The second-order valence-corrected chi connectivity index (χ2v) is 9.03. The molecule has 6 nitrogen and oxygen atoms in total. The number of hydrogen-bond acceptors (Lipinski definition) is 5. The highest BCUT2D eigenvalue weighted by molar-refractivity contribution is 6.30. The summed E-state index contributed by atoms with van der Waals surface area (Å²) in [7, 11) is 0. The standard InChI is InChI=1S/C31H23ClN2O4/c1-20(37-26-16-12-21-6-2-3-8-24(21)18-26)30(35)34-33-19-28-27-9-5-4-7-22(27)13-17-29(28)38-31(36)23-10-14-25(32)15-11-23/h2-20H,1H3,(H,34,35)/b33-19-/t20-/m1/s1. The molecular weight excluding hydrogens is 500 g/mol. The summed E-state index contributed by atoms with van der Waals surface area (Å²) in [6.45, 7) is 1.65. The van der Waals surface area contributed by atoms with Crippen LogP contribution in [0.2, 0.25) is 5.02 Å². The van der Waals surface area contributed by atoms with Crippen LogP contribution in [-0.2, 0) is 4.79 Å². The van der Waals surface area contributed by atoms with Crippen molar-refractivity contribution >= 4 is 51.2 Å². The molecular formula is C31H23ClN2O4. The van der Waals surface area contributed by atoms with Crippen molar-refractivity contribution in [1.82, 2.24) is 5.43 Å². The van der Waals surface area contributed by atoms with Crippen molar-refractivity contribution in [3.63, 3.8) is 0 Å². The van der Waals surface area contributed by atoms with Crippen molar-refractivity contribution in [3.8, 4) is 11.5 Å². The zero-order chi connectivity index (χ0) is 26.5. The second kappa shape index (κ2) is 11.2. The lowest BCUT2D eigenvalue weighted by molar-refractivity contribution is -0.127. The van der Waals surface area contributed by atoms with Gasteiger partial charge in [0, 0.05) is 10.6 Å². The highest BCUT2D eigenvalue weighted by Crippen LogP contribution is 2.28. The first kappa shape index (κ1) is 25.0. The number of hydrogen-bond donors (Lipinski definition) is 1. The maximum atomic E-state index is 12.7. The van der Waals surface area contributed by atoms with Gasteiger partial charge in [-0.2, -0.15) is 5.10 Å². The van der Waals surface area contributed by atoms with Crippen LogP contribution >= 0.6 is 11.6 Å². The summed E-state index contributed by atoms with van der Waals surface area (Å²) in [5.74, 6) is -0.0645.